The highest BCUT2D eigenvalue weighted by Crippen LogP contribution is 2.40. The number of carbonyl (C=O) groups excluding carboxylic acids is 1. The minimum Gasteiger partial charge on any atom is -0.361 e. The molecule has 0 radical (unpaired) electrons. The Balaban J connectivity index is 1.78. The number of hydrogen-bond acceptors (Lipinski definition) is 2. The molecule has 0 aromatic heterocycles. The van der Waals surface area contributed by atoms with Gasteiger partial charge in [-0.15, -0.1) is 0 Å². The summed E-state index contributed by atoms with van der Waals surface area (Å²) in [6, 6.07) is 14.2. The molecule has 1 amide bonds. The van der Waals surface area contributed by atoms with Crippen molar-refractivity contribution in [2.24, 2.45) is 0 Å². The van der Waals surface area contributed by atoms with E-state index in [-0.39, 0.29) is 23.9 Å². The largest absolute Gasteiger partial charge is 0.361 e. The SMILES string of the molecule is O=C1c2ccccc2NC(c2ccc(F)cc2)N1C1CC1. The molecule has 0 spiro atoms. The van der Waals surface area contributed by atoms with Crippen molar-refractivity contribution in [3.63, 3.8) is 0 Å². The molecule has 1 heterocycles. The van der Waals surface area contributed by atoms with Crippen molar-refractivity contribution in [3.8, 4) is 0 Å². The smallest absolute Gasteiger partial charge is 0.258 e. The van der Waals surface area contributed by atoms with Crippen molar-refractivity contribution < 1.29 is 9.18 Å². The molecule has 4 heteroatoms. The molecule has 1 saturated carbocycles. The molecule has 1 aliphatic heterocycles. The predicted octanol–water partition coefficient (Wildman–Crippen LogP) is 3.55. The van der Waals surface area contributed by atoms with Gasteiger partial charge >= 0.3 is 0 Å². The monoisotopic (exact) mass is 282 g/mol. The standard InChI is InChI=1S/C17H15FN2O/c18-12-7-5-11(6-8-12)16-19-15-4-2-1-3-14(15)17(21)20(16)13-9-10-13/h1-8,13,16,19H,9-10H2. The summed E-state index contributed by atoms with van der Waals surface area (Å²) in [4.78, 5) is 14.7. The van der Waals surface area contributed by atoms with Crippen LogP contribution in [0, 0.1) is 5.82 Å². The van der Waals surface area contributed by atoms with E-state index < -0.39 is 0 Å². The Morgan fingerprint density at radius 1 is 1.05 bits per heavy atom. The number of nitrogens with one attached hydrogen (secondary N) is 1. The van der Waals surface area contributed by atoms with Crippen molar-refractivity contribution in [3.05, 3.63) is 65.5 Å². The average Bonchev–Trinajstić information content (AvgIpc) is 3.32. The maximum Gasteiger partial charge on any atom is 0.258 e. The second-order valence-electron chi connectivity index (χ2n) is 5.59. The lowest BCUT2D eigenvalue weighted by Crippen LogP contribution is -2.44. The lowest BCUT2D eigenvalue weighted by molar-refractivity contribution is 0.0666. The van der Waals surface area contributed by atoms with Crippen LogP contribution in [0.4, 0.5) is 10.1 Å². The summed E-state index contributed by atoms with van der Waals surface area (Å²) < 4.78 is 13.1. The van der Waals surface area contributed by atoms with E-state index in [1.165, 1.54) is 12.1 Å². The molecule has 1 aliphatic carbocycles. The van der Waals surface area contributed by atoms with E-state index in [4.69, 9.17) is 0 Å². The third-order valence-corrected chi connectivity index (χ3v) is 4.09. The third kappa shape index (κ3) is 2.07. The Morgan fingerprint density at radius 2 is 1.76 bits per heavy atom. The highest BCUT2D eigenvalue weighted by molar-refractivity contribution is 6.02. The average molecular weight is 282 g/mol. The topological polar surface area (TPSA) is 32.3 Å². The number of benzene rings is 2. The van der Waals surface area contributed by atoms with Gasteiger partial charge in [0.1, 0.15) is 12.0 Å². The molecule has 3 nitrogen and oxygen atoms in total. The van der Waals surface area contributed by atoms with Crippen LogP contribution in [-0.2, 0) is 0 Å². The van der Waals surface area contributed by atoms with Crippen LogP contribution in [0.2, 0.25) is 0 Å². The van der Waals surface area contributed by atoms with Gasteiger partial charge in [-0.1, -0.05) is 24.3 Å². The van der Waals surface area contributed by atoms with Crippen LogP contribution in [0.1, 0.15) is 34.9 Å². The molecule has 106 valence electrons. The van der Waals surface area contributed by atoms with Crippen LogP contribution in [0.3, 0.4) is 0 Å². The van der Waals surface area contributed by atoms with Gasteiger partial charge in [-0.2, -0.15) is 0 Å². The Kier molecular flexibility index (Phi) is 2.70. The highest BCUT2D eigenvalue weighted by Gasteiger charge is 2.41. The van der Waals surface area contributed by atoms with Gasteiger partial charge in [-0.05, 0) is 42.7 Å². The van der Waals surface area contributed by atoms with E-state index in [1.54, 1.807) is 12.1 Å². The number of halogens is 1. The first-order valence-corrected chi connectivity index (χ1v) is 7.18. The van der Waals surface area contributed by atoms with Crippen molar-refractivity contribution >= 4 is 11.6 Å². The predicted molar refractivity (Wildman–Crippen MR) is 78.4 cm³/mol. The van der Waals surface area contributed by atoms with E-state index in [0.717, 1.165) is 24.1 Å². The molecular formula is C17H15FN2O. The highest BCUT2D eigenvalue weighted by atomic mass is 19.1. The summed E-state index contributed by atoms with van der Waals surface area (Å²) in [6.45, 7) is 0. The molecule has 4 rings (SSSR count). The maximum absolute atomic E-state index is 13.1. The lowest BCUT2D eigenvalue weighted by atomic mass is 10.0. The number of hydrogen-bond donors (Lipinski definition) is 1. The number of para-hydroxylation sites is 1. The molecular weight excluding hydrogens is 267 g/mol. The number of amides is 1. The second kappa shape index (κ2) is 4.58. The van der Waals surface area contributed by atoms with Gasteiger partial charge in [0.15, 0.2) is 0 Å². The van der Waals surface area contributed by atoms with Gasteiger partial charge in [0.05, 0.1) is 5.56 Å². The van der Waals surface area contributed by atoms with Crippen LogP contribution >= 0.6 is 0 Å². The summed E-state index contributed by atoms with van der Waals surface area (Å²) in [5.74, 6) is -0.208. The van der Waals surface area contributed by atoms with Crippen LogP contribution in [-0.4, -0.2) is 16.8 Å². The molecule has 2 aliphatic rings. The summed E-state index contributed by atoms with van der Waals surface area (Å²) >= 11 is 0. The molecule has 0 bridgehead atoms. The van der Waals surface area contributed by atoms with E-state index in [1.807, 2.05) is 29.2 Å². The fourth-order valence-electron chi connectivity index (χ4n) is 2.89. The Bertz CT molecular complexity index is 694. The second-order valence-corrected chi connectivity index (χ2v) is 5.59. The van der Waals surface area contributed by atoms with E-state index in [2.05, 4.69) is 5.32 Å². The first kappa shape index (κ1) is 12.4. The van der Waals surface area contributed by atoms with Crippen LogP contribution in [0.25, 0.3) is 0 Å². The van der Waals surface area contributed by atoms with Gasteiger partial charge in [0.2, 0.25) is 0 Å². The zero-order chi connectivity index (χ0) is 14.4. The van der Waals surface area contributed by atoms with Gasteiger partial charge < -0.3 is 10.2 Å². The number of nitrogens with zero attached hydrogens (tertiary/aromatic N) is 1. The fraction of sp³-hybridized carbons (Fsp3) is 0.235. The molecule has 1 unspecified atom stereocenters. The molecule has 2 aromatic carbocycles. The van der Waals surface area contributed by atoms with Crippen LogP contribution in [0.15, 0.2) is 48.5 Å². The van der Waals surface area contributed by atoms with Crippen molar-refractivity contribution in [1.29, 1.82) is 0 Å². The van der Waals surface area contributed by atoms with Gasteiger partial charge in [-0.3, -0.25) is 4.79 Å². The number of carbonyl (C=O) groups is 1. The first-order valence-electron chi connectivity index (χ1n) is 7.18. The quantitative estimate of drug-likeness (QED) is 0.913. The van der Waals surface area contributed by atoms with Gasteiger partial charge in [0.25, 0.3) is 5.91 Å². The molecule has 1 N–H and O–H groups in total. The normalized spacial score (nSPS) is 20.9. The number of rotatable bonds is 2. The van der Waals surface area contributed by atoms with E-state index >= 15 is 0 Å². The first-order chi connectivity index (χ1) is 10.2. The van der Waals surface area contributed by atoms with Crippen molar-refractivity contribution in [1.82, 2.24) is 4.90 Å². The molecule has 1 fully saturated rings. The summed E-state index contributed by atoms with van der Waals surface area (Å²) in [6.07, 6.45) is 1.85. The zero-order valence-electron chi connectivity index (χ0n) is 11.4. The number of fused-ring (bicyclic) bond motifs is 1. The lowest BCUT2D eigenvalue weighted by Gasteiger charge is -2.38. The summed E-state index contributed by atoms with van der Waals surface area (Å²) in [5, 5.41) is 3.42. The third-order valence-electron chi connectivity index (χ3n) is 4.09. The maximum atomic E-state index is 13.1. The van der Waals surface area contributed by atoms with Crippen LogP contribution < -0.4 is 5.32 Å². The molecule has 1 atom stereocenters. The van der Waals surface area contributed by atoms with E-state index in [9.17, 15) is 9.18 Å². The van der Waals surface area contributed by atoms with E-state index in [0.29, 0.717) is 5.56 Å². The van der Waals surface area contributed by atoms with Crippen molar-refractivity contribution in [2.75, 3.05) is 5.32 Å². The number of anilines is 1. The Labute approximate surface area is 122 Å². The van der Waals surface area contributed by atoms with Crippen molar-refractivity contribution in [2.45, 2.75) is 25.0 Å². The van der Waals surface area contributed by atoms with Gasteiger partial charge in [0, 0.05) is 11.7 Å². The fourth-order valence-corrected chi connectivity index (χ4v) is 2.89. The minimum absolute atomic E-state index is 0.0566. The molecule has 2 aromatic rings. The molecule has 0 saturated heterocycles. The Morgan fingerprint density at radius 3 is 2.48 bits per heavy atom. The molecule has 21 heavy (non-hydrogen) atoms. The zero-order valence-corrected chi connectivity index (χ0v) is 11.4. The Hall–Kier alpha value is -2.36. The summed E-state index contributed by atoms with van der Waals surface area (Å²) in [5.41, 5.74) is 2.46. The van der Waals surface area contributed by atoms with Gasteiger partial charge in [-0.25, -0.2) is 4.39 Å². The van der Waals surface area contributed by atoms with Crippen LogP contribution in [0.5, 0.6) is 0 Å². The summed E-state index contributed by atoms with van der Waals surface area (Å²) in [7, 11) is 0. The minimum atomic E-state index is -0.265.